The van der Waals surface area contributed by atoms with Crippen LogP contribution < -0.4 is 10.9 Å². The van der Waals surface area contributed by atoms with Gasteiger partial charge in [0.25, 0.3) is 5.78 Å². The molecular weight excluding hydrogens is 366 g/mol. The minimum Gasteiger partial charge on any atom is -0.462 e. The van der Waals surface area contributed by atoms with Gasteiger partial charge in [-0.15, -0.1) is 0 Å². The second kappa shape index (κ2) is 8.85. The van der Waals surface area contributed by atoms with Crippen LogP contribution in [0.3, 0.4) is 0 Å². The summed E-state index contributed by atoms with van der Waals surface area (Å²) in [5.41, 5.74) is 6.15. The molecule has 0 radical (unpaired) electrons. The third-order valence-electron chi connectivity index (χ3n) is 3.90. The van der Waals surface area contributed by atoms with Crippen LogP contribution in [0.2, 0.25) is 0 Å². The second-order valence-corrected chi connectivity index (χ2v) is 5.86. The molecule has 0 saturated heterocycles. The number of ketones is 1. The van der Waals surface area contributed by atoms with Gasteiger partial charge < -0.3 is 14.5 Å². The van der Waals surface area contributed by atoms with Gasteiger partial charge in [-0.25, -0.2) is 15.0 Å². The van der Waals surface area contributed by atoms with Crippen LogP contribution in [-0.2, 0) is 14.3 Å². The number of methoxy groups -OCH3 is 1. The van der Waals surface area contributed by atoms with Gasteiger partial charge in [-0.05, 0) is 26.3 Å². The molecule has 2 amide bonds. The van der Waals surface area contributed by atoms with E-state index in [1.165, 1.54) is 0 Å². The maximum Gasteiger partial charge on any atom is 0.425 e. The first-order chi connectivity index (χ1) is 13.3. The van der Waals surface area contributed by atoms with Crippen molar-refractivity contribution in [1.82, 2.24) is 15.8 Å². The molecule has 0 bridgehead atoms. The van der Waals surface area contributed by atoms with Gasteiger partial charge in [-0.1, -0.05) is 29.8 Å². The number of amides is 2. The molecule has 0 saturated carbocycles. The largest absolute Gasteiger partial charge is 0.462 e. The van der Waals surface area contributed by atoms with Crippen LogP contribution in [0.15, 0.2) is 24.3 Å². The summed E-state index contributed by atoms with van der Waals surface area (Å²) in [7, 11) is 1.11. The summed E-state index contributed by atoms with van der Waals surface area (Å²) in [6.07, 6.45) is -0.935. The van der Waals surface area contributed by atoms with Gasteiger partial charge in [0.05, 0.1) is 19.3 Å². The van der Waals surface area contributed by atoms with Crippen molar-refractivity contribution in [2.24, 2.45) is 0 Å². The van der Waals surface area contributed by atoms with Gasteiger partial charge in [0.15, 0.2) is 0 Å². The van der Waals surface area contributed by atoms with E-state index in [9.17, 15) is 19.2 Å². The van der Waals surface area contributed by atoms with Crippen LogP contribution >= 0.6 is 0 Å². The van der Waals surface area contributed by atoms with Crippen molar-refractivity contribution in [3.05, 3.63) is 46.8 Å². The molecule has 0 fully saturated rings. The molecular formula is C19H21N3O6. The Morgan fingerprint density at radius 2 is 1.68 bits per heavy atom. The monoisotopic (exact) mass is 387 g/mol. The van der Waals surface area contributed by atoms with Crippen molar-refractivity contribution in [1.29, 1.82) is 0 Å². The van der Waals surface area contributed by atoms with Crippen LogP contribution in [-0.4, -0.2) is 42.5 Å². The van der Waals surface area contributed by atoms with Crippen LogP contribution in [0.4, 0.5) is 4.79 Å². The van der Waals surface area contributed by atoms with Gasteiger partial charge in [0.1, 0.15) is 5.69 Å². The predicted octanol–water partition coefficient (Wildman–Crippen LogP) is 2.05. The molecule has 2 aromatic rings. The van der Waals surface area contributed by atoms with E-state index >= 15 is 0 Å². The Morgan fingerprint density at radius 3 is 2.25 bits per heavy atom. The van der Waals surface area contributed by atoms with Crippen LogP contribution in [0.5, 0.6) is 0 Å². The van der Waals surface area contributed by atoms with Gasteiger partial charge >= 0.3 is 18.0 Å². The molecule has 28 heavy (non-hydrogen) atoms. The third-order valence-corrected chi connectivity index (χ3v) is 3.90. The lowest BCUT2D eigenvalue weighted by atomic mass is 9.97. The molecule has 2 rings (SSSR count). The molecule has 9 heteroatoms. The zero-order chi connectivity index (χ0) is 20.8. The zero-order valence-electron chi connectivity index (χ0n) is 16.0. The van der Waals surface area contributed by atoms with E-state index in [1.54, 1.807) is 26.0 Å². The Hall–Kier alpha value is -3.62. The number of aromatic amines is 1. The fraction of sp³-hybridized carbons (Fsp3) is 0.263. The Balaban J connectivity index is 2.51. The molecule has 1 heterocycles. The molecule has 0 aliphatic heterocycles. The summed E-state index contributed by atoms with van der Waals surface area (Å²) in [6, 6.07) is 7.11. The average Bonchev–Trinajstić information content (AvgIpc) is 3.03. The number of benzene rings is 1. The number of hydrogen-bond donors (Lipinski definition) is 3. The summed E-state index contributed by atoms with van der Waals surface area (Å²) < 4.78 is 9.42. The molecule has 1 aromatic carbocycles. The molecule has 0 atom stereocenters. The first-order valence-corrected chi connectivity index (χ1v) is 8.45. The maximum atomic E-state index is 12.7. The highest BCUT2D eigenvalue weighted by atomic mass is 16.5. The van der Waals surface area contributed by atoms with Gasteiger partial charge in [0, 0.05) is 11.3 Å². The maximum absolute atomic E-state index is 12.7. The second-order valence-electron chi connectivity index (χ2n) is 5.86. The topological polar surface area (TPSA) is 127 Å². The number of carbonyl (C=O) groups excluding carboxylic acids is 4. The lowest BCUT2D eigenvalue weighted by molar-refractivity contribution is -0.117. The van der Waals surface area contributed by atoms with Crippen molar-refractivity contribution >= 4 is 23.8 Å². The van der Waals surface area contributed by atoms with E-state index in [0.29, 0.717) is 11.3 Å². The van der Waals surface area contributed by atoms with E-state index < -0.39 is 23.8 Å². The molecule has 3 N–H and O–H groups in total. The number of Topliss-reactive ketones (excluding diaryl/α,β-unsaturated/α-hetero) is 1. The summed E-state index contributed by atoms with van der Waals surface area (Å²) in [5, 5.41) is 0. The first-order valence-electron chi connectivity index (χ1n) is 8.45. The Labute approximate surface area is 161 Å². The predicted molar refractivity (Wildman–Crippen MR) is 99.7 cm³/mol. The van der Waals surface area contributed by atoms with Crippen molar-refractivity contribution in [3.8, 4) is 11.1 Å². The number of hydrogen-bond acceptors (Lipinski definition) is 6. The summed E-state index contributed by atoms with van der Waals surface area (Å²) in [6.45, 7) is 5.33. The smallest absolute Gasteiger partial charge is 0.425 e. The first kappa shape index (κ1) is 20.7. The number of carbonyl (C=O) groups is 4. The molecule has 9 nitrogen and oxygen atoms in total. The quantitative estimate of drug-likeness (QED) is 0.312. The van der Waals surface area contributed by atoms with Gasteiger partial charge in [0.2, 0.25) is 0 Å². The summed E-state index contributed by atoms with van der Waals surface area (Å²) in [5.74, 6) is -2.68. The van der Waals surface area contributed by atoms with E-state index in [1.807, 2.05) is 29.9 Å². The number of aryl methyl sites for hydroxylation is 2. The number of aromatic nitrogens is 1. The van der Waals surface area contributed by atoms with Gasteiger partial charge in [-0.2, -0.15) is 0 Å². The lowest BCUT2D eigenvalue weighted by Gasteiger charge is -2.09. The molecule has 0 aliphatic rings. The van der Waals surface area contributed by atoms with E-state index in [0.717, 1.165) is 12.7 Å². The third kappa shape index (κ3) is 4.37. The highest BCUT2D eigenvalue weighted by Crippen LogP contribution is 2.31. The SMILES string of the molecule is CCOC(=O)c1c(C)[nH]c(C(=O)C(=O)NNC(=O)OC)c1-c1ccc(C)cc1. The minimum atomic E-state index is -1.10. The Bertz CT molecular complexity index is 914. The highest BCUT2D eigenvalue weighted by molar-refractivity contribution is 6.43. The summed E-state index contributed by atoms with van der Waals surface area (Å²) >= 11 is 0. The van der Waals surface area contributed by atoms with E-state index in [4.69, 9.17) is 4.74 Å². The number of hydrazine groups is 1. The molecule has 0 spiro atoms. The number of ether oxygens (including phenoxy) is 2. The fourth-order valence-electron chi connectivity index (χ4n) is 2.59. The number of rotatable bonds is 5. The van der Waals surface area contributed by atoms with Crippen LogP contribution in [0, 0.1) is 13.8 Å². The Morgan fingerprint density at radius 1 is 1.04 bits per heavy atom. The molecule has 148 valence electrons. The van der Waals surface area contributed by atoms with Crippen LogP contribution in [0.1, 0.15) is 39.0 Å². The lowest BCUT2D eigenvalue weighted by Crippen LogP contribution is -2.45. The molecule has 0 unspecified atom stereocenters. The molecule has 0 aliphatic carbocycles. The number of nitrogens with one attached hydrogen (secondary N) is 3. The summed E-state index contributed by atoms with van der Waals surface area (Å²) in [4.78, 5) is 51.2. The molecule has 1 aromatic heterocycles. The number of H-pyrrole nitrogens is 1. The van der Waals surface area contributed by atoms with E-state index in [2.05, 4.69) is 9.72 Å². The Kier molecular flexibility index (Phi) is 6.54. The highest BCUT2D eigenvalue weighted by Gasteiger charge is 2.30. The van der Waals surface area contributed by atoms with Crippen molar-refractivity contribution in [2.75, 3.05) is 13.7 Å². The normalized spacial score (nSPS) is 10.1. The van der Waals surface area contributed by atoms with E-state index in [-0.39, 0.29) is 23.4 Å². The zero-order valence-corrected chi connectivity index (χ0v) is 16.0. The van der Waals surface area contributed by atoms with Gasteiger partial charge in [-0.3, -0.25) is 15.0 Å². The van der Waals surface area contributed by atoms with Crippen molar-refractivity contribution in [3.63, 3.8) is 0 Å². The van der Waals surface area contributed by atoms with Crippen molar-refractivity contribution < 1.29 is 28.7 Å². The fourth-order valence-corrected chi connectivity index (χ4v) is 2.59. The van der Waals surface area contributed by atoms with Crippen LogP contribution in [0.25, 0.3) is 11.1 Å². The minimum absolute atomic E-state index is 0.0893. The number of esters is 1. The average molecular weight is 387 g/mol. The standard InChI is InChI=1S/C19H21N3O6/c1-5-28-18(25)13-11(3)20-15(14(13)12-8-6-10(2)7-9-12)16(23)17(24)21-22-19(26)27-4/h6-9,20H,5H2,1-4H3,(H,21,24)(H,22,26). The van der Waals surface area contributed by atoms with Crippen molar-refractivity contribution in [2.45, 2.75) is 20.8 Å².